The third-order valence-electron chi connectivity index (χ3n) is 4.77. The highest BCUT2D eigenvalue weighted by Crippen LogP contribution is 2.31. The van der Waals surface area contributed by atoms with Crippen molar-refractivity contribution in [3.8, 4) is 0 Å². The van der Waals surface area contributed by atoms with Crippen molar-refractivity contribution in [1.29, 1.82) is 0 Å². The Morgan fingerprint density at radius 2 is 2.03 bits per heavy atom. The van der Waals surface area contributed by atoms with E-state index < -0.39 is 33.9 Å². The Bertz CT molecular complexity index is 1200. The standard InChI is InChI=1S/C19H18FN3O4S3/c1-28-19-22-15-7-4-12(8-17(15)29-19)21-18(25)16-9-13(24)10-23(16)30(26,27)14-5-2-11(20)3-6-14/h2-8,13,16,24H,9-10H2,1H3,(H,21,25). The van der Waals surface area contributed by atoms with Gasteiger partial charge in [-0.15, -0.1) is 11.3 Å². The maximum Gasteiger partial charge on any atom is 0.243 e. The average Bonchev–Trinajstić information content (AvgIpc) is 3.31. The molecule has 4 rings (SSSR count). The average molecular weight is 468 g/mol. The van der Waals surface area contributed by atoms with Gasteiger partial charge in [0.05, 0.1) is 21.2 Å². The number of nitrogens with one attached hydrogen (secondary N) is 1. The molecule has 0 spiro atoms. The summed E-state index contributed by atoms with van der Waals surface area (Å²) in [4.78, 5) is 17.2. The second-order valence-corrected chi connectivity index (χ2v) is 10.8. The molecule has 2 aromatic carbocycles. The summed E-state index contributed by atoms with van der Waals surface area (Å²) < 4.78 is 41.9. The van der Waals surface area contributed by atoms with E-state index in [0.717, 1.165) is 43.1 Å². The molecule has 1 aromatic heterocycles. The van der Waals surface area contributed by atoms with Crippen molar-refractivity contribution in [3.63, 3.8) is 0 Å². The summed E-state index contributed by atoms with van der Waals surface area (Å²) in [6, 6.07) is 8.58. The molecule has 1 aliphatic heterocycles. The minimum Gasteiger partial charge on any atom is -0.392 e. The molecule has 0 radical (unpaired) electrons. The van der Waals surface area contributed by atoms with Gasteiger partial charge in [0.25, 0.3) is 0 Å². The molecular formula is C19H18FN3O4S3. The number of anilines is 1. The van der Waals surface area contributed by atoms with Crippen LogP contribution in [0.2, 0.25) is 0 Å². The number of benzene rings is 2. The van der Waals surface area contributed by atoms with E-state index in [1.54, 1.807) is 18.2 Å². The maximum atomic E-state index is 13.2. The molecule has 0 bridgehead atoms. The van der Waals surface area contributed by atoms with E-state index in [-0.39, 0.29) is 17.9 Å². The lowest BCUT2D eigenvalue weighted by Gasteiger charge is -2.23. The van der Waals surface area contributed by atoms with Crippen molar-refractivity contribution in [3.05, 3.63) is 48.3 Å². The number of fused-ring (bicyclic) bond motifs is 1. The molecule has 1 amide bonds. The molecule has 30 heavy (non-hydrogen) atoms. The van der Waals surface area contributed by atoms with Gasteiger partial charge in [-0.3, -0.25) is 4.79 Å². The normalized spacial score (nSPS) is 20.0. The number of aromatic nitrogens is 1. The van der Waals surface area contributed by atoms with Crippen LogP contribution >= 0.6 is 23.1 Å². The highest BCUT2D eigenvalue weighted by atomic mass is 32.2. The number of halogens is 1. The zero-order chi connectivity index (χ0) is 21.5. The van der Waals surface area contributed by atoms with Crippen molar-refractivity contribution in [2.75, 3.05) is 18.1 Å². The molecule has 3 aromatic rings. The summed E-state index contributed by atoms with van der Waals surface area (Å²) in [6.07, 6.45) is 0.942. The lowest BCUT2D eigenvalue weighted by molar-refractivity contribution is -0.119. The van der Waals surface area contributed by atoms with Crippen LogP contribution in [0.4, 0.5) is 10.1 Å². The summed E-state index contributed by atoms with van der Waals surface area (Å²) in [5, 5.41) is 12.8. The number of rotatable bonds is 5. The number of amides is 1. The molecule has 2 atom stereocenters. The first-order valence-corrected chi connectivity index (χ1v) is 12.5. The van der Waals surface area contributed by atoms with Crippen molar-refractivity contribution in [2.45, 2.75) is 27.8 Å². The van der Waals surface area contributed by atoms with E-state index in [2.05, 4.69) is 10.3 Å². The van der Waals surface area contributed by atoms with Crippen LogP contribution in [0.5, 0.6) is 0 Å². The van der Waals surface area contributed by atoms with Crippen LogP contribution in [0, 0.1) is 5.82 Å². The van der Waals surface area contributed by atoms with Gasteiger partial charge in [-0.25, -0.2) is 17.8 Å². The lowest BCUT2D eigenvalue weighted by Crippen LogP contribution is -2.43. The second-order valence-electron chi connectivity index (χ2n) is 6.79. The van der Waals surface area contributed by atoms with Crippen molar-refractivity contribution in [2.24, 2.45) is 0 Å². The van der Waals surface area contributed by atoms with E-state index in [1.807, 2.05) is 6.26 Å². The number of nitrogens with zero attached hydrogens (tertiary/aromatic N) is 2. The van der Waals surface area contributed by atoms with E-state index in [1.165, 1.54) is 23.1 Å². The van der Waals surface area contributed by atoms with Crippen LogP contribution in [0.15, 0.2) is 51.7 Å². The molecule has 2 heterocycles. The third kappa shape index (κ3) is 4.08. The number of thioether (sulfide) groups is 1. The molecule has 1 saturated heterocycles. The predicted molar refractivity (Wildman–Crippen MR) is 115 cm³/mol. The number of thiazole rings is 1. The topological polar surface area (TPSA) is 99.6 Å². The minimum absolute atomic E-state index is 0.0221. The van der Waals surface area contributed by atoms with Gasteiger partial charge in [0.1, 0.15) is 11.9 Å². The van der Waals surface area contributed by atoms with E-state index in [9.17, 15) is 22.7 Å². The molecular weight excluding hydrogens is 449 g/mol. The molecule has 2 unspecified atom stereocenters. The Kier molecular flexibility index (Phi) is 5.82. The lowest BCUT2D eigenvalue weighted by atomic mass is 10.2. The van der Waals surface area contributed by atoms with Crippen LogP contribution in [0.1, 0.15) is 6.42 Å². The number of β-amino-alcohol motifs (C(OH)–C–C–N with tert-alkyl or cyclic N) is 1. The smallest absolute Gasteiger partial charge is 0.243 e. The number of aliphatic hydroxyl groups excluding tert-OH is 1. The first kappa shape index (κ1) is 21.2. The number of hydrogen-bond acceptors (Lipinski definition) is 7. The van der Waals surface area contributed by atoms with Crippen LogP contribution in [-0.2, 0) is 14.8 Å². The molecule has 11 heteroatoms. The fraction of sp³-hybridized carbons (Fsp3) is 0.263. The number of carbonyl (C=O) groups excluding carboxylic acids is 1. The highest BCUT2D eigenvalue weighted by Gasteiger charge is 2.43. The van der Waals surface area contributed by atoms with E-state index >= 15 is 0 Å². The van der Waals surface area contributed by atoms with Gasteiger partial charge in [-0.05, 0) is 48.7 Å². The van der Waals surface area contributed by atoms with Crippen LogP contribution in [0.3, 0.4) is 0 Å². The monoisotopic (exact) mass is 467 g/mol. The number of hydrogen-bond donors (Lipinski definition) is 2. The molecule has 2 N–H and O–H groups in total. The van der Waals surface area contributed by atoms with E-state index in [4.69, 9.17) is 0 Å². The molecule has 158 valence electrons. The Hall–Kier alpha value is -2.05. The Balaban J connectivity index is 1.58. The molecule has 1 aliphatic rings. The Morgan fingerprint density at radius 3 is 2.73 bits per heavy atom. The fourth-order valence-electron chi connectivity index (χ4n) is 3.32. The minimum atomic E-state index is -4.07. The van der Waals surface area contributed by atoms with Gasteiger partial charge >= 0.3 is 0 Å². The first-order chi connectivity index (χ1) is 14.3. The molecule has 1 fully saturated rings. The van der Waals surface area contributed by atoms with Gasteiger partial charge in [0.15, 0.2) is 4.34 Å². The van der Waals surface area contributed by atoms with Gasteiger partial charge in [0.2, 0.25) is 15.9 Å². The summed E-state index contributed by atoms with van der Waals surface area (Å²) in [5.41, 5.74) is 1.34. The number of aliphatic hydroxyl groups is 1. The molecule has 0 saturated carbocycles. The first-order valence-electron chi connectivity index (χ1n) is 8.99. The summed E-state index contributed by atoms with van der Waals surface area (Å²) in [7, 11) is -4.07. The van der Waals surface area contributed by atoms with Crippen molar-refractivity contribution < 1.29 is 22.7 Å². The van der Waals surface area contributed by atoms with Gasteiger partial charge < -0.3 is 10.4 Å². The van der Waals surface area contributed by atoms with Crippen LogP contribution in [-0.4, -0.2) is 53.7 Å². The van der Waals surface area contributed by atoms with Crippen molar-refractivity contribution >= 4 is 54.9 Å². The molecule has 7 nitrogen and oxygen atoms in total. The summed E-state index contributed by atoms with van der Waals surface area (Å²) >= 11 is 3.03. The van der Waals surface area contributed by atoms with Crippen LogP contribution < -0.4 is 5.32 Å². The Labute approximate surface area is 181 Å². The van der Waals surface area contributed by atoms with Gasteiger partial charge in [-0.2, -0.15) is 4.31 Å². The highest BCUT2D eigenvalue weighted by molar-refractivity contribution is 8.00. The maximum absolute atomic E-state index is 13.2. The van der Waals surface area contributed by atoms with Gasteiger partial charge in [0, 0.05) is 18.7 Å². The van der Waals surface area contributed by atoms with Crippen LogP contribution in [0.25, 0.3) is 10.2 Å². The second kappa shape index (κ2) is 8.23. The largest absolute Gasteiger partial charge is 0.392 e. The fourth-order valence-corrected chi connectivity index (χ4v) is 6.49. The SMILES string of the molecule is CSc1nc2ccc(NC(=O)C3CC(O)CN3S(=O)(=O)c3ccc(F)cc3)cc2s1. The summed E-state index contributed by atoms with van der Waals surface area (Å²) in [5.74, 6) is -1.10. The quantitative estimate of drug-likeness (QED) is 0.560. The Morgan fingerprint density at radius 1 is 1.30 bits per heavy atom. The zero-order valence-electron chi connectivity index (χ0n) is 15.8. The number of sulfonamides is 1. The summed E-state index contributed by atoms with van der Waals surface area (Å²) in [6.45, 7) is -0.206. The molecule has 0 aliphatic carbocycles. The van der Waals surface area contributed by atoms with Gasteiger partial charge in [-0.1, -0.05) is 11.8 Å². The van der Waals surface area contributed by atoms with Crippen molar-refractivity contribution in [1.82, 2.24) is 9.29 Å². The van der Waals surface area contributed by atoms with E-state index in [0.29, 0.717) is 5.69 Å². The third-order valence-corrected chi connectivity index (χ3v) is 8.66. The zero-order valence-corrected chi connectivity index (χ0v) is 18.2. The number of carbonyl (C=O) groups is 1. The predicted octanol–water partition coefficient (Wildman–Crippen LogP) is 2.92.